The van der Waals surface area contributed by atoms with Crippen molar-refractivity contribution in [1.29, 1.82) is 0 Å². The quantitative estimate of drug-likeness (QED) is 0.767. The Labute approximate surface area is 104 Å². The van der Waals surface area contributed by atoms with Gasteiger partial charge in [0.15, 0.2) is 5.78 Å². The van der Waals surface area contributed by atoms with E-state index in [1.54, 1.807) is 11.7 Å². The lowest BCUT2D eigenvalue weighted by Gasteiger charge is -2.15. The van der Waals surface area contributed by atoms with Crippen molar-refractivity contribution in [3.8, 4) is 0 Å². The van der Waals surface area contributed by atoms with Crippen LogP contribution in [0, 0.1) is 6.92 Å². The van der Waals surface area contributed by atoms with Gasteiger partial charge in [0.1, 0.15) is 0 Å². The van der Waals surface area contributed by atoms with Gasteiger partial charge in [0, 0.05) is 17.3 Å². The Morgan fingerprint density at radius 3 is 3.00 bits per heavy atom. The molecule has 0 radical (unpaired) electrons. The zero-order valence-electron chi connectivity index (χ0n) is 9.43. The molecule has 1 aromatic carbocycles. The second-order valence-corrected chi connectivity index (χ2v) is 5.06. The third-order valence-corrected chi connectivity index (χ3v) is 3.78. The van der Waals surface area contributed by atoms with Crippen molar-refractivity contribution in [2.24, 2.45) is 0 Å². The molecule has 0 fully saturated rings. The molecule has 2 aromatic rings. The summed E-state index contributed by atoms with van der Waals surface area (Å²) in [5, 5.41) is 0. The largest absolute Gasteiger partial charge is 0.289 e. The number of carbonyl (C=O) groups is 1. The molecule has 0 atom stereocenters. The maximum absolute atomic E-state index is 12.3. The molecule has 1 heterocycles. The van der Waals surface area contributed by atoms with Gasteiger partial charge < -0.3 is 0 Å². The Morgan fingerprint density at radius 1 is 1.35 bits per heavy atom. The molecule has 3 heteroatoms. The van der Waals surface area contributed by atoms with E-state index < -0.39 is 0 Å². The van der Waals surface area contributed by atoms with Crippen molar-refractivity contribution in [2.75, 3.05) is 0 Å². The number of Topliss-reactive ketones (excluding diaryl/α,β-unsaturated/α-hetero) is 1. The Bertz CT molecular complexity index is 611. The van der Waals surface area contributed by atoms with Crippen LogP contribution in [0.3, 0.4) is 0 Å². The molecule has 0 saturated heterocycles. The number of hydrogen-bond acceptors (Lipinski definition) is 3. The third-order valence-electron chi connectivity index (χ3n) is 2.97. The van der Waals surface area contributed by atoms with E-state index in [2.05, 4.69) is 11.1 Å². The van der Waals surface area contributed by atoms with Crippen LogP contribution < -0.4 is 0 Å². The lowest BCUT2D eigenvalue weighted by molar-refractivity contribution is 0.105. The van der Waals surface area contributed by atoms with Crippen LogP contribution in [0.15, 0.2) is 36.0 Å². The molecule has 17 heavy (non-hydrogen) atoms. The maximum Gasteiger partial charge on any atom is 0.194 e. The number of aromatic nitrogens is 1. The standard InChI is InChI=1S/C14H11NOS/c1-9-2-4-11-10(6-9)3-5-12(14(11)16)13-7-15-8-17-13/h2,4-8H,3H2,1H3. The Morgan fingerprint density at radius 2 is 2.24 bits per heavy atom. The fourth-order valence-electron chi connectivity index (χ4n) is 2.12. The van der Waals surface area contributed by atoms with E-state index >= 15 is 0 Å². The number of carbonyl (C=O) groups excluding carboxylic acids is 1. The first kappa shape index (κ1) is 10.4. The van der Waals surface area contributed by atoms with Crippen LogP contribution in [0.5, 0.6) is 0 Å². The van der Waals surface area contributed by atoms with Crippen LogP contribution >= 0.6 is 11.3 Å². The van der Waals surface area contributed by atoms with Gasteiger partial charge in [0.2, 0.25) is 0 Å². The molecule has 1 aromatic heterocycles. The SMILES string of the molecule is Cc1ccc2c(c1)CC=C(c1cncs1)C2=O. The second kappa shape index (κ2) is 3.93. The van der Waals surface area contributed by atoms with E-state index in [0.717, 1.165) is 28.0 Å². The van der Waals surface area contributed by atoms with Crippen LogP contribution in [0.2, 0.25) is 0 Å². The van der Waals surface area contributed by atoms with Gasteiger partial charge in [0.25, 0.3) is 0 Å². The van der Waals surface area contributed by atoms with Gasteiger partial charge in [0.05, 0.1) is 10.4 Å². The van der Waals surface area contributed by atoms with Crippen molar-refractivity contribution >= 4 is 22.7 Å². The van der Waals surface area contributed by atoms with Crippen molar-refractivity contribution < 1.29 is 4.79 Å². The van der Waals surface area contributed by atoms with E-state index in [9.17, 15) is 4.79 Å². The molecule has 0 spiro atoms. The highest BCUT2D eigenvalue weighted by Gasteiger charge is 2.22. The predicted molar refractivity (Wildman–Crippen MR) is 69.3 cm³/mol. The van der Waals surface area contributed by atoms with Gasteiger partial charge in [-0.15, -0.1) is 11.3 Å². The molecule has 0 saturated carbocycles. The fourth-order valence-corrected chi connectivity index (χ4v) is 2.78. The van der Waals surface area contributed by atoms with Crippen LogP contribution in [0.1, 0.15) is 26.4 Å². The molecular formula is C14H11NOS. The normalized spacial score (nSPS) is 14.4. The van der Waals surface area contributed by atoms with E-state index in [1.165, 1.54) is 16.9 Å². The average molecular weight is 241 g/mol. The first-order valence-electron chi connectivity index (χ1n) is 5.49. The number of rotatable bonds is 1. The summed E-state index contributed by atoms with van der Waals surface area (Å²) in [7, 11) is 0. The minimum Gasteiger partial charge on any atom is -0.289 e. The van der Waals surface area contributed by atoms with Crippen molar-refractivity contribution in [2.45, 2.75) is 13.3 Å². The first-order valence-corrected chi connectivity index (χ1v) is 6.37. The van der Waals surface area contributed by atoms with Crippen LogP contribution in [-0.2, 0) is 6.42 Å². The first-order chi connectivity index (χ1) is 8.25. The van der Waals surface area contributed by atoms with Crippen molar-refractivity contribution in [3.63, 3.8) is 0 Å². The molecule has 0 N–H and O–H groups in total. The topological polar surface area (TPSA) is 30.0 Å². The summed E-state index contributed by atoms with van der Waals surface area (Å²) >= 11 is 1.51. The third kappa shape index (κ3) is 1.72. The molecule has 3 rings (SSSR count). The highest BCUT2D eigenvalue weighted by Crippen LogP contribution is 2.29. The number of fused-ring (bicyclic) bond motifs is 1. The number of nitrogens with zero attached hydrogens (tertiary/aromatic N) is 1. The highest BCUT2D eigenvalue weighted by molar-refractivity contribution is 7.11. The van der Waals surface area contributed by atoms with Crippen LogP contribution in [0.25, 0.3) is 5.57 Å². The van der Waals surface area contributed by atoms with Gasteiger partial charge in [-0.05, 0) is 18.9 Å². The number of ketones is 1. The molecule has 84 valence electrons. The summed E-state index contributed by atoms with van der Waals surface area (Å²) in [6.45, 7) is 2.05. The Hall–Kier alpha value is -1.74. The van der Waals surface area contributed by atoms with Gasteiger partial charge >= 0.3 is 0 Å². The summed E-state index contributed by atoms with van der Waals surface area (Å²) in [6, 6.07) is 6.01. The predicted octanol–water partition coefficient (Wildman–Crippen LogP) is 3.27. The number of allylic oxidation sites excluding steroid dienone is 2. The molecule has 0 bridgehead atoms. The summed E-state index contributed by atoms with van der Waals surface area (Å²) in [5.41, 5.74) is 5.72. The van der Waals surface area contributed by atoms with E-state index in [4.69, 9.17) is 0 Å². The summed E-state index contributed by atoms with van der Waals surface area (Å²) < 4.78 is 0. The lowest BCUT2D eigenvalue weighted by atomic mass is 9.89. The van der Waals surface area contributed by atoms with Gasteiger partial charge in [-0.2, -0.15) is 0 Å². The highest BCUT2D eigenvalue weighted by atomic mass is 32.1. The molecule has 1 aliphatic rings. The Kier molecular flexibility index (Phi) is 2.41. The van der Waals surface area contributed by atoms with Crippen molar-refractivity contribution in [1.82, 2.24) is 4.98 Å². The number of hydrogen-bond donors (Lipinski definition) is 0. The van der Waals surface area contributed by atoms with E-state index in [0.29, 0.717) is 0 Å². The minimum absolute atomic E-state index is 0.121. The molecular weight excluding hydrogens is 230 g/mol. The fraction of sp³-hybridized carbons (Fsp3) is 0.143. The van der Waals surface area contributed by atoms with Crippen LogP contribution in [-0.4, -0.2) is 10.8 Å². The van der Waals surface area contributed by atoms with Crippen LogP contribution in [0.4, 0.5) is 0 Å². The van der Waals surface area contributed by atoms with E-state index in [1.807, 2.05) is 25.1 Å². The maximum atomic E-state index is 12.3. The Balaban J connectivity index is 2.07. The zero-order valence-corrected chi connectivity index (χ0v) is 10.3. The van der Waals surface area contributed by atoms with E-state index in [-0.39, 0.29) is 5.78 Å². The molecule has 0 amide bonds. The van der Waals surface area contributed by atoms with Gasteiger partial charge in [-0.25, -0.2) is 0 Å². The average Bonchev–Trinajstić information content (AvgIpc) is 2.82. The number of thiazole rings is 1. The zero-order chi connectivity index (χ0) is 11.8. The monoisotopic (exact) mass is 241 g/mol. The summed E-state index contributed by atoms with van der Waals surface area (Å²) in [5.74, 6) is 0.121. The van der Waals surface area contributed by atoms with Gasteiger partial charge in [-0.3, -0.25) is 9.78 Å². The molecule has 1 aliphatic carbocycles. The summed E-state index contributed by atoms with van der Waals surface area (Å²) in [4.78, 5) is 17.3. The van der Waals surface area contributed by atoms with Gasteiger partial charge in [-0.1, -0.05) is 29.8 Å². The second-order valence-electron chi connectivity index (χ2n) is 4.18. The number of benzene rings is 1. The lowest BCUT2D eigenvalue weighted by Crippen LogP contribution is -2.10. The van der Waals surface area contributed by atoms with Crippen molar-refractivity contribution in [3.05, 3.63) is 57.6 Å². The molecule has 2 nitrogen and oxygen atoms in total. The molecule has 0 unspecified atom stereocenters. The summed E-state index contributed by atoms with van der Waals surface area (Å²) in [6.07, 6.45) is 4.60. The minimum atomic E-state index is 0.121. The smallest absolute Gasteiger partial charge is 0.194 e. The molecule has 0 aliphatic heterocycles. The number of aryl methyl sites for hydroxylation is 1.